The topological polar surface area (TPSA) is 81.8 Å². The van der Waals surface area contributed by atoms with E-state index in [1.807, 2.05) is 18.2 Å². The molecule has 0 bridgehead atoms. The quantitative estimate of drug-likeness (QED) is 0.668. The zero-order valence-electron chi connectivity index (χ0n) is 14.0. The second-order valence-corrected chi connectivity index (χ2v) is 6.83. The molecule has 8 heteroatoms. The van der Waals surface area contributed by atoms with Crippen molar-refractivity contribution in [3.63, 3.8) is 0 Å². The summed E-state index contributed by atoms with van der Waals surface area (Å²) in [5, 5.41) is 15.2. The number of halogens is 1. The fourth-order valence-electron chi connectivity index (χ4n) is 3.03. The molecule has 3 heterocycles. The van der Waals surface area contributed by atoms with E-state index in [2.05, 4.69) is 42.6 Å². The van der Waals surface area contributed by atoms with E-state index in [9.17, 15) is 0 Å². The average Bonchev–Trinajstić information content (AvgIpc) is 2.96. The molecular formula is C17H20ClN7. The summed E-state index contributed by atoms with van der Waals surface area (Å²) in [6.07, 6.45) is 3.45. The van der Waals surface area contributed by atoms with Crippen molar-refractivity contribution >= 4 is 40.0 Å². The molecule has 1 unspecified atom stereocenters. The molecule has 3 aromatic rings. The van der Waals surface area contributed by atoms with E-state index in [0.717, 1.165) is 42.8 Å². The van der Waals surface area contributed by atoms with Crippen LogP contribution in [0, 0.1) is 5.92 Å². The van der Waals surface area contributed by atoms with Crippen LogP contribution in [-0.4, -0.2) is 46.3 Å². The second kappa shape index (κ2) is 6.85. The first-order valence-electron chi connectivity index (χ1n) is 8.37. The molecular weight excluding hydrogens is 338 g/mol. The standard InChI is InChI=1S/C17H20ClN7/c1-11-7-19-4-5-25(10-11)17-20-9-14(18)16(23-17)22-13-2-3-15-12(6-13)8-21-24-15/h2-3,6,8-9,11,19H,4-5,7,10H2,1H3,(H,21,24)(H,20,22,23). The van der Waals surface area contributed by atoms with E-state index >= 15 is 0 Å². The predicted octanol–water partition coefficient (Wildman–Crippen LogP) is 2.80. The van der Waals surface area contributed by atoms with Crippen LogP contribution in [0.25, 0.3) is 10.9 Å². The Balaban J connectivity index is 1.60. The molecule has 7 nitrogen and oxygen atoms in total. The number of hydrogen-bond donors (Lipinski definition) is 3. The molecule has 1 fully saturated rings. The van der Waals surface area contributed by atoms with Gasteiger partial charge in [0.2, 0.25) is 5.95 Å². The SMILES string of the molecule is CC1CNCCN(c2ncc(Cl)c(Nc3ccc4[nH]ncc4c3)n2)C1. The van der Waals surface area contributed by atoms with Gasteiger partial charge in [0.05, 0.1) is 17.9 Å². The molecule has 1 aliphatic heterocycles. The normalized spacial score (nSPS) is 18.3. The Morgan fingerprint density at radius 2 is 2.24 bits per heavy atom. The lowest BCUT2D eigenvalue weighted by Gasteiger charge is -2.22. The molecule has 25 heavy (non-hydrogen) atoms. The number of hydrogen-bond acceptors (Lipinski definition) is 6. The molecule has 0 saturated carbocycles. The van der Waals surface area contributed by atoms with Gasteiger partial charge in [0, 0.05) is 30.7 Å². The van der Waals surface area contributed by atoms with Gasteiger partial charge in [0.15, 0.2) is 5.82 Å². The third-order valence-corrected chi connectivity index (χ3v) is 4.58. The summed E-state index contributed by atoms with van der Waals surface area (Å²) in [5.74, 6) is 1.85. The molecule has 4 rings (SSSR count). The van der Waals surface area contributed by atoms with Crippen molar-refractivity contribution < 1.29 is 0 Å². The van der Waals surface area contributed by atoms with Gasteiger partial charge in [0.25, 0.3) is 0 Å². The van der Waals surface area contributed by atoms with Crippen molar-refractivity contribution in [2.45, 2.75) is 6.92 Å². The van der Waals surface area contributed by atoms with Gasteiger partial charge in [-0.1, -0.05) is 18.5 Å². The molecule has 1 aliphatic rings. The second-order valence-electron chi connectivity index (χ2n) is 6.42. The van der Waals surface area contributed by atoms with Crippen LogP contribution in [0.3, 0.4) is 0 Å². The highest BCUT2D eigenvalue weighted by Gasteiger charge is 2.18. The van der Waals surface area contributed by atoms with Gasteiger partial charge in [-0.05, 0) is 30.7 Å². The van der Waals surface area contributed by atoms with Gasteiger partial charge in [-0.15, -0.1) is 0 Å². The Kier molecular flexibility index (Phi) is 4.42. The van der Waals surface area contributed by atoms with Crippen molar-refractivity contribution in [2.24, 2.45) is 5.92 Å². The van der Waals surface area contributed by atoms with E-state index in [1.165, 1.54) is 0 Å². The highest BCUT2D eigenvalue weighted by Crippen LogP contribution is 2.26. The van der Waals surface area contributed by atoms with Crippen LogP contribution >= 0.6 is 11.6 Å². The van der Waals surface area contributed by atoms with E-state index < -0.39 is 0 Å². The molecule has 1 aromatic carbocycles. The van der Waals surface area contributed by atoms with E-state index in [0.29, 0.717) is 22.7 Å². The third kappa shape index (κ3) is 3.52. The summed E-state index contributed by atoms with van der Waals surface area (Å²) in [6, 6.07) is 5.95. The van der Waals surface area contributed by atoms with Gasteiger partial charge >= 0.3 is 0 Å². The van der Waals surface area contributed by atoms with Crippen LogP contribution in [0.4, 0.5) is 17.5 Å². The van der Waals surface area contributed by atoms with Gasteiger partial charge in [0.1, 0.15) is 5.02 Å². The van der Waals surface area contributed by atoms with Crippen molar-refractivity contribution in [3.8, 4) is 0 Å². The molecule has 130 valence electrons. The maximum Gasteiger partial charge on any atom is 0.227 e. The molecule has 0 aliphatic carbocycles. The van der Waals surface area contributed by atoms with Crippen LogP contribution in [0.2, 0.25) is 5.02 Å². The summed E-state index contributed by atoms with van der Waals surface area (Å²) in [7, 11) is 0. The number of rotatable bonds is 3. The fourth-order valence-corrected chi connectivity index (χ4v) is 3.17. The minimum Gasteiger partial charge on any atom is -0.339 e. The summed E-state index contributed by atoms with van der Waals surface area (Å²) in [4.78, 5) is 11.3. The Bertz CT molecular complexity index is 878. The number of H-pyrrole nitrogens is 1. The number of nitrogens with zero attached hydrogens (tertiary/aromatic N) is 4. The lowest BCUT2D eigenvalue weighted by molar-refractivity contribution is 0.561. The Hall–Kier alpha value is -2.38. The number of benzene rings is 1. The van der Waals surface area contributed by atoms with Crippen LogP contribution in [0.15, 0.2) is 30.6 Å². The summed E-state index contributed by atoms with van der Waals surface area (Å²) >= 11 is 6.31. The number of aromatic nitrogens is 4. The zero-order valence-corrected chi connectivity index (χ0v) is 14.7. The largest absolute Gasteiger partial charge is 0.339 e. The van der Waals surface area contributed by atoms with Crippen LogP contribution in [-0.2, 0) is 0 Å². The Morgan fingerprint density at radius 1 is 1.32 bits per heavy atom. The lowest BCUT2D eigenvalue weighted by Crippen LogP contribution is -2.31. The minimum atomic E-state index is 0.497. The Morgan fingerprint density at radius 3 is 3.16 bits per heavy atom. The van der Waals surface area contributed by atoms with E-state index in [1.54, 1.807) is 12.4 Å². The van der Waals surface area contributed by atoms with Gasteiger partial charge in [-0.25, -0.2) is 4.98 Å². The molecule has 2 aromatic heterocycles. The molecule has 3 N–H and O–H groups in total. The smallest absolute Gasteiger partial charge is 0.227 e. The third-order valence-electron chi connectivity index (χ3n) is 4.30. The van der Waals surface area contributed by atoms with Crippen molar-refractivity contribution in [2.75, 3.05) is 36.4 Å². The number of fused-ring (bicyclic) bond motifs is 1. The van der Waals surface area contributed by atoms with Gasteiger partial charge in [-0.3, -0.25) is 5.10 Å². The van der Waals surface area contributed by atoms with Crippen molar-refractivity contribution in [1.82, 2.24) is 25.5 Å². The minimum absolute atomic E-state index is 0.497. The summed E-state index contributed by atoms with van der Waals surface area (Å²) in [6.45, 7) is 5.97. The molecule has 1 saturated heterocycles. The Labute approximate surface area is 150 Å². The summed E-state index contributed by atoms with van der Waals surface area (Å²) in [5.41, 5.74) is 1.90. The van der Waals surface area contributed by atoms with Crippen molar-refractivity contribution in [3.05, 3.63) is 35.6 Å². The first kappa shape index (κ1) is 16.1. The molecule has 0 spiro atoms. The maximum absolute atomic E-state index is 6.31. The van der Waals surface area contributed by atoms with Crippen LogP contribution in [0.1, 0.15) is 6.92 Å². The van der Waals surface area contributed by atoms with Crippen LogP contribution < -0.4 is 15.5 Å². The molecule has 0 radical (unpaired) electrons. The zero-order chi connectivity index (χ0) is 17.2. The highest BCUT2D eigenvalue weighted by molar-refractivity contribution is 6.32. The molecule has 1 atom stereocenters. The van der Waals surface area contributed by atoms with E-state index in [-0.39, 0.29) is 0 Å². The summed E-state index contributed by atoms with van der Waals surface area (Å²) < 4.78 is 0. The number of aromatic amines is 1. The monoisotopic (exact) mass is 357 g/mol. The van der Waals surface area contributed by atoms with E-state index in [4.69, 9.17) is 11.6 Å². The van der Waals surface area contributed by atoms with Gasteiger partial charge in [-0.2, -0.15) is 10.1 Å². The van der Waals surface area contributed by atoms with Crippen molar-refractivity contribution in [1.29, 1.82) is 0 Å². The first-order chi connectivity index (χ1) is 12.2. The number of anilines is 3. The lowest BCUT2D eigenvalue weighted by atomic mass is 10.2. The first-order valence-corrected chi connectivity index (χ1v) is 8.75. The average molecular weight is 358 g/mol. The predicted molar refractivity (Wildman–Crippen MR) is 101 cm³/mol. The fraction of sp³-hybridized carbons (Fsp3) is 0.353. The van der Waals surface area contributed by atoms with Gasteiger partial charge < -0.3 is 15.5 Å². The highest BCUT2D eigenvalue weighted by atomic mass is 35.5. The maximum atomic E-state index is 6.31. The number of nitrogens with one attached hydrogen (secondary N) is 3. The van der Waals surface area contributed by atoms with Crippen LogP contribution in [0.5, 0.6) is 0 Å². The molecule has 0 amide bonds.